The minimum atomic E-state index is -0.602. The van der Waals surface area contributed by atoms with E-state index < -0.39 is 11.9 Å². The van der Waals surface area contributed by atoms with Gasteiger partial charge in [-0.05, 0) is 43.7 Å². The molecule has 0 spiro atoms. The van der Waals surface area contributed by atoms with Crippen LogP contribution in [-0.2, 0) is 27.5 Å². The first-order valence-electron chi connectivity index (χ1n) is 9.65. The Bertz CT molecular complexity index is 1110. The summed E-state index contributed by atoms with van der Waals surface area (Å²) in [5, 5.41) is 3.91. The highest BCUT2D eigenvalue weighted by molar-refractivity contribution is 5.90. The summed E-state index contributed by atoms with van der Waals surface area (Å²) in [7, 11) is 2.79. The minimum absolute atomic E-state index is 0.196. The molecule has 0 bridgehead atoms. The smallest absolute Gasteiger partial charge is 0.341 e. The summed E-state index contributed by atoms with van der Waals surface area (Å²) < 4.78 is 31.3. The van der Waals surface area contributed by atoms with Gasteiger partial charge in [0.25, 0.3) is 0 Å². The second-order valence-corrected chi connectivity index (χ2v) is 6.69. The lowest BCUT2D eigenvalue weighted by atomic mass is 10.2. The maximum Gasteiger partial charge on any atom is 0.341 e. The summed E-state index contributed by atoms with van der Waals surface area (Å²) in [5.41, 5.74) is 2.57. The monoisotopic (exact) mass is 441 g/mol. The first-order chi connectivity index (χ1) is 15.4. The summed E-state index contributed by atoms with van der Waals surface area (Å²) >= 11 is 0. The van der Waals surface area contributed by atoms with E-state index >= 15 is 0 Å². The van der Waals surface area contributed by atoms with Crippen LogP contribution in [0.4, 0.5) is 0 Å². The van der Waals surface area contributed by atoms with Crippen molar-refractivity contribution < 1.29 is 37.5 Å². The maximum atomic E-state index is 12.0. The molecule has 0 saturated heterocycles. The molecule has 9 heteroatoms. The standard InChI is InChI=1S/C23H23NO8/c1-14-18(15(2)32-24-14)12-30-19-7-5-16(11-20(19)27-3)6-8-22(25)31-13-21-17(9-10-29-21)23(26)28-4/h5-11H,12-13H2,1-4H3/b8-6+. The zero-order chi connectivity index (χ0) is 23.1. The predicted octanol–water partition coefficient (Wildman–Crippen LogP) is 4.02. The van der Waals surface area contributed by atoms with Crippen LogP contribution >= 0.6 is 0 Å². The Hall–Kier alpha value is -4.01. The second-order valence-electron chi connectivity index (χ2n) is 6.69. The van der Waals surface area contributed by atoms with Crippen molar-refractivity contribution in [2.75, 3.05) is 14.2 Å². The molecule has 32 heavy (non-hydrogen) atoms. The van der Waals surface area contributed by atoms with Crippen LogP contribution in [0.2, 0.25) is 0 Å². The Kier molecular flexibility index (Phi) is 7.33. The van der Waals surface area contributed by atoms with Crippen LogP contribution < -0.4 is 9.47 Å². The molecule has 0 unspecified atom stereocenters. The summed E-state index contributed by atoms with van der Waals surface area (Å²) in [6.45, 7) is 3.77. The molecule has 1 aromatic carbocycles. The van der Waals surface area contributed by atoms with Gasteiger partial charge in [-0.2, -0.15) is 0 Å². The molecule has 9 nitrogen and oxygen atoms in total. The van der Waals surface area contributed by atoms with E-state index in [9.17, 15) is 9.59 Å². The second kappa shape index (κ2) is 10.3. The van der Waals surface area contributed by atoms with Crippen molar-refractivity contribution in [2.24, 2.45) is 0 Å². The number of esters is 2. The van der Waals surface area contributed by atoms with E-state index in [2.05, 4.69) is 9.89 Å². The third-order valence-corrected chi connectivity index (χ3v) is 4.65. The molecule has 0 aliphatic rings. The molecule has 2 aromatic heterocycles. The Balaban J connectivity index is 1.60. The van der Waals surface area contributed by atoms with Crippen LogP contribution in [0.3, 0.4) is 0 Å². The molecule has 0 saturated carbocycles. The van der Waals surface area contributed by atoms with Gasteiger partial charge in [0, 0.05) is 6.08 Å². The van der Waals surface area contributed by atoms with E-state index in [0.717, 1.165) is 11.3 Å². The van der Waals surface area contributed by atoms with Crippen molar-refractivity contribution in [1.29, 1.82) is 0 Å². The number of benzene rings is 1. The quantitative estimate of drug-likeness (QED) is 0.359. The number of carbonyl (C=O) groups is 2. The van der Waals surface area contributed by atoms with Gasteiger partial charge in [-0.3, -0.25) is 0 Å². The average molecular weight is 441 g/mol. The van der Waals surface area contributed by atoms with Gasteiger partial charge in [-0.15, -0.1) is 0 Å². The molecule has 3 rings (SSSR count). The lowest BCUT2D eigenvalue weighted by Gasteiger charge is -2.11. The van der Waals surface area contributed by atoms with Gasteiger partial charge in [0.1, 0.15) is 17.9 Å². The van der Waals surface area contributed by atoms with Crippen LogP contribution in [0.1, 0.15) is 38.7 Å². The lowest BCUT2D eigenvalue weighted by molar-refractivity contribution is -0.139. The van der Waals surface area contributed by atoms with Crippen LogP contribution in [0.5, 0.6) is 11.5 Å². The molecule has 0 aliphatic carbocycles. The van der Waals surface area contributed by atoms with E-state index in [0.29, 0.717) is 29.4 Å². The molecule has 168 valence electrons. The molecule has 2 heterocycles. The number of ether oxygens (including phenoxy) is 4. The van der Waals surface area contributed by atoms with Gasteiger partial charge < -0.3 is 27.9 Å². The molecular weight excluding hydrogens is 418 g/mol. The summed E-state index contributed by atoms with van der Waals surface area (Å²) in [6.07, 6.45) is 4.17. The number of furan rings is 1. The number of rotatable bonds is 9. The minimum Gasteiger partial charge on any atom is -0.493 e. The van der Waals surface area contributed by atoms with E-state index in [-0.39, 0.29) is 17.9 Å². The first-order valence-corrected chi connectivity index (χ1v) is 9.65. The Labute approximate surface area is 184 Å². The van der Waals surface area contributed by atoms with Crippen molar-refractivity contribution >= 4 is 18.0 Å². The first kappa shape index (κ1) is 22.7. The number of methoxy groups -OCH3 is 2. The zero-order valence-corrected chi connectivity index (χ0v) is 18.2. The van der Waals surface area contributed by atoms with E-state index in [1.54, 1.807) is 24.3 Å². The van der Waals surface area contributed by atoms with Crippen LogP contribution in [0, 0.1) is 13.8 Å². The average Bonchev–Trinajstić information content (AvgIpc) is 3.40. The van der Waals surface area contributed by atoms with Gasteiger partial charge in [-0.1, -0.05) is 11.2 Å². The van der Waals surface area contributed by atoms with Crippen LogP contribution in [0.25, 0.3) is 6.08 Å². The largest absolute Gasteiger partial charge is 0.493 e. The number of hydrogen-bond acceptors (Lipinski definition) is 9. The number of nitrogens with zero attached hydrogens (tertiary/aromatic N) is 1. The normalized spacial score (nSPS) is 10.9. The Morgan fingerprint density at radius 1 is 1.09 bits per heavy atom. The fourth-order valence-electron chi connectivity index (χ4n) is 2.86. The molecule has 0 aliphatic heterocycles. The fraction of sp³-hybridized carbons (Fsp3) is 0.261. The topological polar surface area (TPSA) is 110 Å². The third kappa shape index (κ3) is 5.37. The van der Waals surface area contributed by atoms with Crippen molar-refractivity contribution in [2.45, 2.75) is 27.1 Å². The van der Waals surface area contributed by atoms with Gasteiger partial charge >= 0.3 is 11.9 Å². The summed E-state index contributed by atoms with van der Waals surface area (Å²) in [6, 6.07) is 6.70. The lowest BCUT2D eigenvalue weighted by Crippen LogP contribution is -2.06. The summed E-state index contributed by atoms with van der Waals surface area (Å²) in [5.74, 6) is 0.790. The number of hydrogen-bond donors (Lipinski definition) is 0. The molecule has 0 amide bonds. The van der Waals surface area contributed by atoms with E-state index in [4.69, 9.17) is 23.2 Å². The zero-order valence-electron chi connectivity index (χ0n) is 18.2. The van der Waals surface area contributed by atoms with Crippen LogP contribution in [-0.4, -0.2) is 31.3 Å². The van der Waals surface area contributed by atoms with Crippen LogP contribution in [0.15, 0.2) is 45.5 Å². The SMILES string of the molecule is COC(=O)c1ccoc1COC(=O)/C=C/c1ccc(OCc2c(C)noc2C)c(OC)c1. The van der Waals surface area contributed by atoms with E-state index in [1.165, 1.54) is 32.6 Å². The Morgan fingerprint density at radius 3 is 2.59 bits per heavy atom. The summed E-state index contributed by atoms with van der Waals surface area (Å²) in [4.78, 5) is 23.7. The highest BCUT2D eigenvalue weighted by atomic mass is 16.5. The van der Waals surface area contributed by atoms with Gasteiger partial charge in [-0.25, -0.2) is 9.59 Å². The molecule has 3 aromatic rings. The Morgan fingerprint density at radius 2 is 1.91 bits per heavy atom. The maximum absolute atomic E-state index is 12.0. The van der Waals surface area contributed by atoms with Gasteiger partial charge in [0.05, 0.1) is 31.7 Å². The molecule has 0 radical (unpaired) electrons. The molecular formula is C23H23NO8. The molecule has 0 atom stereocenters. The van der Waals surface area contributed by atoms with Crippen molar-refractivity contribution in [3.05, 3.63) is 70.5 Å². The van der Waals surface area contributed by atoms with E-state index in [1.807, 2.05) is 13.8 Å². The van der Waals surface area contributed by atoms with Crippen molar-refractivity contribution in [3.8, 4) is 11.5 Å². The number of aryl methyl sites for hydroxylation is 2. The van der Waals surface area contributed by atoms with Gasteiger partial charge in [0.2, 0.25) is 0 Å². The third-order valence-electron chi connectivity index (χ3n) is 4.65. The molecule has 0 fully saturated rings. The highest BCUT2D eigenvalue weighted by Gasteiger charge is 2.16. The highest BCUT2D eigenvalue weighted by Crippen LogP contribution is 2.30. The number of aromatic nitrogens is 1. The van der Waals surface area contributed by atoms with Gasteiger partial charge in [0.15, 0.2) is 23.9 Å². The van der Waals surface area contributed by atoms with Crippen molar-refractivity contribution in [3.63, 3.8) is 0 Å². The van der Waals surface area contributed by atoms with Crippen molar-refractivity contribution in [1.82, 2.24) is 5.16 Å². The fourth-order valence-corrected chi connectivity index (χ4v) is 2.86. The predicted molar refractivity (Wildman–Crippen MR) is 112 cm³/mol. The number of carbonyl (C=O) groups excluding carboxylic acids is 2. The molecule has 0 N–H and O–H groups in total.